The molecule has 0 atom stereocenters. The molecule has 7 nitrogen and oxygen atoms in total. The van der Waals surface area contributed by atoms with Crippen molar-refractivity contribution < 1.29 is 0 Å². The average Bonchev–Trinajstić information content (AvgIpc) is 3.82. The van der Waals surface area contributed by atoms with Crippen molar-refractivity contribution in [2.45, 2.75) is 0 Å². The highest BCUT2D eigenvalue weighted by molar-refractivity contribution is 6.13. The maximum atomic E-state index is 5.38. The summed E-state index contributed by atoms with van der Waals surface area (Å²) in [5, 5.41) is 7.83. The maximum Gasteiger partial charge on any atom is 0.221 e. The second kappa shape index (κ2) is 11.9. The predicted octanol–water partition coefficient (Wildman–Crippen LogP) is 11.6. The van der Waals surface area contributed by atoms with Gasteiger partial charge in [0.05, 0.1) is 27.6 Å². The van der Waals surface area contributed by atoms with Crippen LogP contribution in [-0.4, -0.2) is 33.9 Å². The van der Waals surface area contributed by atoms with Crippen molar-refractivity contribution in [1.29, 1.82) is 0 Å². The molecule has 8 aromatic carbocycles. The second-order valence-electron chi connectivity index (χ2n) is 14.1. The Hall–Kier alpha value is -7.77. The van der Waals surface area contributed by atoms with Crippen LogP contribution in [0, 0.1) is 0 Å². The van der Waals surface area contributed by atoms with Gasteiger partial charge in [-0.25, -0.2) is 24.9 Å². The fourth-order valence-electron chi connectivity index (χ4n) is 8.38. The molecule has 0 spiro atoms. The Balaban J connectivity index is 1.16. The Labute approximate surface area is 319 Å². The molecule has 0 unspecified atom stereocenters. The van der Waals surface area contributed by atoms with Crippen LogP contribution in [0.15, 0.2) is 176 Å². The number of hydrogen-bond acceptors (Lipinski definition) is 5. The molecule has 0 N–H and O–H groups in total. The SMILES string of the molecule is c1ccc(-c2nc(-c3ccc4c5ccccc5n(-c5nc6ccccc6c6nc7ccccc7n56)c4c3)nc(-c3cc4ccccc4c4ccccc34)n2)cc1. The van der Waals surface area contributed by atoms with Gasteiger partial charge in [0, 0.05) is 32.8 Å². The van der Waals surface area contributed by atoms with E-state index in [4.69, 9.17) is 24.9 Å². The van der Waals surface area contributed by atoms with Crippen LogP contribution >= 0.6 is 0 Å². The van der Waals surface area contributed by atoms with E-state index in [1.165, 1.54) is 5.39 Å². The first-order chi connectivity index (χ1) is 27.8. The molecule has 7 heteroatoms. The van der Waals surface area contributed by atoms with Crippen LogP contribution in [0.3, 0.4) is 0 Å². The minimum Gasteiger partial charge on any atom is -0.279 e. The third-order valence-electron chi connectivity index (χ3n) is 10.9. The molecule has 0 aliphatic rings. The van der Waals surface area contributed by atoms with Crippen molar-refractivity contribution in [3.05, 3.63) is 176 Å². The summed E-state index contributed by atoms with van der Waals surface area (Å²) in [7, 11) is 0. The van der Waals surface area contributed by atoms with E-state index in [1.807, 2.05) is 36.4 Å². The molecule has 0 saturated carbocycles. The summed E-state index contributed by atoms with van der Waals surface area (Å²) in [4.78, 5) is 26.1. The van der Waals surface area contributed by atoms with Crippen LogP contribution in [0.4, 0.5) is 0 Å². The van der Waals surface area contributed by atoms with E-state index in [9.17, 15) is 0 Å². The van der Waals surface area contributed by atoms with Gasteiger partial charge in [-0.05, 0) is 64.0 Å². The standard InChI is InChI=1S/C49H29N7/c1-2-14-30(15-3-1)45-52-46(54-47(53-45)39-28-31-16-4-5-17-33(31)34-18-6-7-19-35(34)39)32-26-27-37-36-20-9-12-24-42(36)55(44(37)29-32)49-51-40-22-10-8-21-38(40)48-50-41-23-11-13-25-43(41)56(48)49/h1-29H. The van der Waals surface area contributed by atoms with Crippen molar-refractivity contribution >= 4 is 70.9 Å². The number of benzene rings is 8. The van der Waals surface area contributed by atoms with Crippen LogP contribution in [-0.2, 0) is 0 Å². The molecule has 0 aliphatic carbocycles. The number of hydrogen-bond donors (Lipinski definition) is 0. The lowest BCUT2D eigenvalue weighted by Crippen LogP contribution is -2.06. The van der Waals surface area contributed by atoms with Crippen LogP contribution in [0.1, 0.15) is 0 Å². The minimum absolute atomic E-state index is 0.592. The van der Waals surface area contributed by atoms with Gasteiger partial charge in [0.25, 0.3) is 0 Å². The van der Waals surface area contributed by atoms with Crippen molar-refractivity contribution in [1.82, 2.24) is 33.9 Å². The topological polar surface area (TPSA) is 73.8 Å². The number of fused-ring (bicyclic) bond motifs is 11. The number of imidazole rings is 1. The van der Waals surface area contributed by atoms with Crippen molar-refractivity contribution in [2.24, 2.45) is 0 Å². The van der Waals surface area contributed by atoms with Crippen LogP contribution in [0.2, 0.25) is 0 Å². The van der Waals surface area contributed by atoms with Gasteiger partial charge in [0.2, 0.25) is 5.95 Å². The largest absolute Gasteiger partial charge is 0.279 e. The lowest BCUT2D eigenvalue weighted by molar-refractivity contribution is 0.979. The Bertz CT molecular complexity index is 3550. The summed E-state index contributed by atoms with van der Waals surface area (Å²) >= 11 is 0. The molecule has 12 aromatic rings. The smallest absolute Gasteiger partial charge is 0.221 e. The fourth-order valence-corrected chi connectivity index (χ4v) is 8.38. The van der Waals surface area contributed by atoms with E-state index in [1.54, 1.807) is 0 Å². The first-order valence-electron chi connectivity index (χ1n) is 18.7. The van der Waals surface area contributed by atoms with Gasteiger partial charge in [0.1, 0.15) is 5.65 Å². The molecule has 0 aliphatic heterocycles. The zero-order valence-electron chi connectivity index (χ0n) is 29.9. The Morgan fingerprint density at radius 3 is 1.79 bits per heavy atom. The summed E-state index contributed by atoms with van der Waals surface area (Å²) in [5.41, 5.74) is 8.46. The molecule has 260 valence electrons. The van der Waals surface area contributed by atoms with Gasteiger partial charge in [-0.1, -0.05) is 133 Å². The van der Waals surface area contributed by atoms with Crippen LogP contribution in [0.5, 0.6) is 0 Å². The number of rotatable bonds is 4. The summed E-state index contributed by atoms with van der Waals surface area (Å²) in [5.74, 6) is 2.60. The quantitative estimate of drug-likeness (QED) is 0.170. The molecular weight excluding hydrogens is 687 g/mol. The molecule has 4 aromatic heterocycles. The summed E-state index contributed by atoms with van der Waals surface area (Å²) in [6, 6.07) is 60.9. The molecular formula is C49H29N7. The summed E-state index contributed by atoms with van der Waals surface area (Å²) in [6.45, 7) is 0. The second-order valence-corrected chi connectivity index (χ2v) is 14.1. The Morgan fingerprint density at radius 1 is 0.339 bits per heavy atom. The minimum atomic E-state index is 0.592. The van der Waals surface area contributed by atoms with Gasteiger partial charge >= 0.3 is 0 Å². The van der Waals surface area contributed by atoms with E-state index in [0.29, 0.717) is 17.5 Å². The number of para-hydroxylation sites is 4. The van der Waals surface area contributed by atoms with Crippen molar-refractivity contribution in [2.75, 3.05) is 0 Å². The molecule has 0 radical (unpaired) electrons. The van der Waals surface area contributed by atoms with Crippen LogP contribution in [0.25, 0.3) is 111 Å². The molecule has 4 heterocycles. The summed E-state index contributed by atoms with van der Waals surface area (Å²) < 4.78 is 4.45. The fraction of sp³-hybridized carbons (Fsp3) is 0. The predicted molar refractivity (Wildman–Crippen MR) is 227 cm³/mol. The number of nitrogens with zero attached hydrogens (tertiary/aromatic N) is 7. The Kier molecular flexibility index (Phi) is 6.50. The van der Waals surface area contributed by atoms with Gasteiger partial charge in [-0.2, -0.15) is 0 Å². The molecule has 0 bridgehead atoms. The first kappa shape index (κ1) is 30.7. The van der Waals surface area contributed by atoms with E-state index < -0.39 is 0 Å². The van der Waals surface area contributed by atoms with E-state index >= 15 is 0 Å². The third kappa shape index (κ3) is 4.55. The van der Waals surface area contributed by atoms with Gasteiger partial charge in [-0.3, -0.25) is 8.97 Å². The zero-order valence-corrected chi connectivity index (χ0v) is 29.9. The van der Waals surface area contributed by atoms with E-state index in [0.717, 1.165) is 88.2 Å². The maximum absolute atomic E-state index is 5.38. The molecule has 0 saturated heterocycles. The number of aromatic nitrogens is 7. The third-order valence-corrected chi connectivity index (χ3v) is 10.9. The Morgan fingerprint density at radius 2 is 0.946 bits per heavy atom. The molecule has 12 rings (SSSR count). The highest BCUT2D eigenvalue weighted by Gasteiger charge is 2.22. The van der Waals surface area contributed by atoms with Crippen molar-refractivity contribution in [3.63, 3.8) is 0 Å². The van der Waals surface area contributed by atoms with Gasteiger partial charge in [0.15, 0.2) is 17.5 Å². The monoisotopic (exact) mass is 715 g/mol. The molecule has 0 fully saturated rings. The van der Waals surface area contributed by atoms with E-state index in [2.05, 4.69) is 148 Å². The molecule has 0 amide bonds. The molecule has 56 heavy (non-hydrogen) atoms. The lowest BCUT2D eigenvalue weighted by Gasteiger charge is -2.13. The van der Waals surface area contributed by atoms with Crippen molar-refractivity contribution in [3.8, 4) is 40.1 Å². The van der Waals surface area contributed by atoms with Crippen LogP contribution < -0.4 is 0 Å². The normalized spacial score (nSPS) is 11.9. The highest BCUT2D eigenvalue weighted by Crippen LogP contribution is 2.38. The van der Waals surface area contributed by atoms with Gasteiger partial charge in [-0.15, -0.1) is 0 Å². The highest BCUT2D eigenvalue weighted by atomic mass is 15.2. The summed E-state index contributed by atoms with van der Waals surface area (Å²) in [6.07, 6.45) is 0. The van der Waals surface area contributed by atoms with Gasteiger partial charge < -0.3 is 0 Å². The first-order valence-corrected chi connectivity index (χ1v) is 18.7. The average molecular weight is 716 g/mol. The zero-order chi connectivity index (χ0) is 36.7. The van der Waals surface area contributed by atoms with E-state index in [-0.39, 0.29) is 0 Å². The lowest BCUT2D eigenvalue weighted by atomic mass is 9.97.